The fourth-order valence-corrected chi connectivity index (χ4v) is 3.43. The van der Waals surface area contributed by atoms with Crippen LogP contribution in [0.4, 0.5) is 0 Å². The molecule has 0 spiro atoms. The monoisotopic (exact) mass is 453 g/mol. The Bertz CT molecular complexity index is 1060. The average Bonchev–Trinajstić information content (AvgIpc) is 2.59. The van der Waals surface area contributed by atoms with E-state index >= 15 is 0 Å². The summed E-state index contributed by atoms with van der Waals surface area (Å²) in [6, 6.07) is 8.70. The van der Waals surface area contributed by atoms with E-state index in [1.165, 1.54) is 10.9 Å². The highest BCUT2D eigenvalue weighted by Crippen LogP contribution is 2.33. The van der Waals surface area contributed by atoms with Crippen molar-refractivity contribution in [3.63, 3.8) is 0 Å². The number of ether oxygens (including phenoxy) is 1. The molecule has 0 atom stereocenters. The van der Waals surface area contributed by atoms with Gasteiger partial charge in [0.05, 0.1) is 33.8 Å². The number of fused-ring (bicyclic) bond motifs is 1. The number of halogens is 3. The van der Waals surface area contributed by atoms with Crippen molar-refractivity contribution in [2.24, 2.45) is 5.10 Å². The molecule has 26 heavy (non-hydrogen) atoms. The van der Waals surface area contributed by atoms with Gasteiger partial charge in [0.2, 0.25) is 0 Å². The molecular formula is C18H14BrCl2N3O2. The molecule has 1 heterocycles. The Labute approximate surface area is 168 Å². The van der Waals surface area contributed by atoms with Crippen molar-refractivity contribution in [1.82, 2.24) is 9.66 Å². The maximum Gasteiger partial charge on any atom is 0.282 e. The zero-order valence-electron chi connectivity index (χ0n) is 14.0. The van der Waals surface area contributed by atoms with Crippen LogP contribution < -0.4 is 10.3 Å². The fourth-order valence-electron chi connectivity index (χ4n) is 2.46. The third kappa shape index (κ3) is 3.77. The lowest BCUT2D eigenvalue weighted by molar-refractivity contribution is 0.340. The van der Waals surface area contributed by atoms with E-state index in [9.17, 15) is 4.79 Å². The van der Waals surface area contributed by atoms with Gasteiger partial charge in [-0.2, -0.15) is 9.78 Å². The van der Waals surface area contributed by atoms with Crippen molar-refractivity contribution < 1.29 is 4.74 Å². The van der Waals surface area contributed by atoms with Crippen LogP contribution in [-0.4, -0.2) is 22.5 Å². The van der Waals surface area contributed by atoms with Gasteiger partial charge in [-0.05, 0) is 49.7 Å². The Morgan fingerprint density at radius 3 is 2.62 bits per heavy atom. The van der Waals surface area contributed by atoms with Gasteiger partial charge in [-0.25, -0.2) is 4.98 Å². The first-order valence-corrected chi connectivity index (χ1v) is 9.30. The van der Waals surface area contributed by atoms with Crippen LogP contribution in [0.15, 0.2) is 44.7 Å². The van der Waals surface area contributed by atoms with Crippen molar-refractivity contribution in [3.05, 3.63) is 66.6 Å². The minimum Gasteiger partial charge on any atom is -0.491 e. The van der Waals surface area contributed by atoms with Gasteiger partial charge in [0.25, 0.3) is 5.56 Å². The van der Waals surface area contributed by atoms with Crippen molar-refractivity contribution in [1.29, 1.82) is 0 Å². The van der Waals surface area contributed by atoms with E-state index < -0.39 is 0 Å². The summed E-state index contributed by atoms with van der Waals surface area (Å²) in [6.07, 6.45) is 1.51. The smallest absolute Gasteiger partial charge is 0.282 e. The largest absolute Gasteiger partial charge is 0.491 e. The van der Waals surface area contributed by atoms with Gasteiger partial charge in [-0.15, -0.1) is 0 Å². The normalized spacial score (nSPS) is 11.4. The van der Waals surface area contributed by atoms with Crippen LogP contribution in [-0.2, 0) is 0 Å². The van der Waals surface area contributed by atoms with Gasteiger partial charge in [-0.3, -0.25) is 4.79 Å². The maximum atomic E-state index is 12.7. The first kappa shape index (κ1) is 18.9. The van der Waals surface area contributed by atoms with Gasteiger partial charge in [-0.1, -0.05) is 39.1 Å². The summed E-state index contributed by atoms with van der Waals surface area (Å²) in [5.74, 6) is 0.905. The molecule has 0 bridgehead atoms. The van der Waals surface area contributed by atoms with E-state index in [0.717, 1.165) is 4.47 Å². The lowest BCUT2D eigenvalue weighted by atomic mass is 10.2. The van der Waals surface area contributed by atoms with Crippen LogP contribution in [0.1, 0.15) is 18.3 Å². The molecule has 0 aliphatic carbocycles. The molecule has 1 aromatic heterocycles. The van der Waals surface area contributed by atoms with Gasteiger partial charge >= 0.3 is 0 Å². The van der Waals surface area contributed by atoms with Crippen molar-refractivity contribution in [2.45, 2.75) is 13.8 Å². The van der Waals surface area contributed by atoms with Gasteiger partial charge < -0.3 is 4.74 Å². The molecule has 0 amide bonds. The topological polar surface area (TPSA) is 56.5 Å². The zero-order valence-corrected chi connectivity index (χ0v) is 17.1. The number of nitrogens with zero attached hydrogens (tertiary/aromatic N) is 3. The number of hydrogen-bond acceptors (Lipinski definition) is 4. The molecule has 0 N–H and O–H groups in total. The molecule has 3 aromatic rings. The number of aromatic nitrogens is 2. The summed E-state index contributed by atoms with van der Waals surface area (Å²) in [6.45, 7) is 4.03. The lowest BCUT2D eigenvalue weighted by Crippen LogP contribution is -2.20. The van der Waals surface area contributed by atoms with E-state index in [-0.39, 0.29) is 5.56 Å². The van der Waals surface area contributed by atoms with Crippen LogP contribution in [0.3, 0.4) is 0 Å². The highest BCUT2D eigenvalue weighted by Gasteiger charge is 2.10. The molecule has 134 valence electrons. The molecule has 0 fully saturated rings. The second-order valence-corrected chi connectivity index (χ2v) is 7.16. The van der Waals surface area contributed by atoms with E-state index in [4.69, 9.17) is 27.9 Å². The van der Waals surface area contributed by atoms with Crippen LogP contribution >= 0.6 is 39.1 Å². The van der Waals surface area contributed by atoms with Gasteiger partial charge in [0.15, 0.2) is 5.75 Å². The molecule has 0 saturated heterocycles. The van der Waals surface area contributed by atoms with E-state index in [1.807, 2.05) is 13.0 Å². The third-order valence-corrected chi connectivity index (χ3v) is 4.66. The maximum absolute atomic E-state index is 12.7. The highest BCUT2D eigenvalue weighted by atomic mass is 79.9. The Morgan fingerprint density at radius 1 is 1.27 bits per heavy atom. The van der Waals surface area contributed by atoms with Crippen LogP contribution in [0.2, 0.25) is 10.0 Å². The van der Waals surface area contributed by atoms with Crippen LogP contribution in [0.25, 0.3) is 10.9 Å². The van der Waals surface area contributed by atoms with Crippen molar-refractivity contribution in [3.8, 4) is 5.75 Å². The average molecular weight is 455 g/mol. The third-order valence-electron chi connectivity index (χ3n) is 3.60. The number of benzene rings is 2. The SMILES string of the molecule is CCOc1c(Cl)cc(C=Nn2c(C)nc3ccc(Br)cc3c2=O)cc1Cl. The standard InChI is InChI=1S/C18H14BrCl2N3O2/c1-3-26-17-14(20)6-11(7-15(17)21)9-22-24-10(2)23-16-5-4-12(19)8-13(16)18(24)25/h4-9H,3H2,1-2H3. The quantitative estimate of drug-likeness (QED) is 0.518. The molecule has 0 aliphatic heterocycles. The van der Waals surface area contributed by atoms with Crippen LogP contribution in [0, 0.1) is 6.92 Å². The fraction of sp³-hybridized carbons (Fsp3) is 0.167. The highest BCUT2D eigenvalue weighted by molar-refractivity contribution is 9.10. The Hall–Kier alpha value is -1.89. The number of hydrogen-bond donors (Lipinski definition) is 0. The summed E-state index contributed by atoms with van der Waals surface area (Å²) in [7, 11) is 0. The molecular weight excluding hydrogens is 441 g/mol. The predicted molar refractivity (Wildman–Crippen MR) is 109 cm³/mol. The lowest BCUT2D eigenvalue weighted by Gasteiger charge is -2.09. The predicted octanol–water partition coefficient (Wildman–Crippen LogP) is 5.06. The molecule has 0 radical (unpaired) electrons. The second-order valence-electron chi connectivity index (χ2n) is 5.43. The van der Waals surface area contributed by atoms with E-state index in [0.29, 0.717) is 44.7 Å². The minimum absolute atomic E-state index is 0.256. The number of rotatable bonds is 4. The summed E-state index contributed by atoms with van der Waals surface area (Å²) in [4.78, 5) is 17.1. The molecule has 0 unspecified atom stereocenters. The Morgan fingerprint density at radius 2 is 1.96 bits per heavy atom. The summed E-state index contributed by atoms with van der Waals surface area (Å²) < 4.78 is 7.45. The van der Waals surface area contributed by atoms with E-state index in [1.54, 1.807) is 31.2 Å². The molecule has 0 aliphatic rings. The molecule has 8 heteroatoms. The molecule has 2 aromatic carbocycles. The molecule has 3 rings (SSSR count). The second kappa shape index (κ2) is 7.78. The van der Waals surface area contributed by atoms with E-state index in [2.05, 4.69) is 26.0 Å². The van der Waals surface area contributed by atoms with Gasteiger partial charge in [0, 0.05) is 4.47 Å². The minimum atomic E-state index is -0.256. The summed E-state index contributed by atoms with van der Waals surface area (Å²) >= 11 is 15.8. The Balaban J connectivity index is 2.05. The van der Waals surface area contributed by atoms with Gasteiger partial charge in [0.1, 0.15) is 5.82 Å². The Kier molecular flexibility index (Phi) is 5.65. The van der Waals surface area contributed by atoms with Crippen molar-refractivity contribution in [2.75, 3.05) is 6.61 Å². The molecule has 0 saturated carbocycles. The van der Waals surface area contributed by atoms with Crippen LogP contribution in [0.5, 0.6) is 5.75 Å². The summed E-state index contributed by atoms with van der Waals surface area (Å²) in [5.41, 5.74) is 1.01. The number of aryl methyl sites for hydroxylation is 1. The zero-order chi connectivity index (χ0) is 18.8. The molecule has 5 nitrogen and oxygen atoms in total. The first-order valence-electron chi connectivity index (χ1n) is 7.76. The first-order chi connectivity index (χ1) is 12.4. The van der Waals surface area contributed by atoms with Crippen molar-refractivity contribution >= 4 is 56.2 Å². The summed E-state index contributed by atoms with van der Waals surface area (Å²) in [5, 5.41) is 5.49.